The summed E-state index contributed by atoms with van der Waals surface area (Å²) >= 11 is 1.61. The third-order valence-electron chi connectivity index (χ3n) is 1.51. The molecular formula is C7H2F2IN3O2. The molecule has 0 unspecified atom stereocenters. The van der Waals surface area contributed by atoms with Crippen molar-refractivity contribution in [2.75, 3.05) is 0 Å². The van der Waals surface area contributed by atoms with Crippen LogP contribution in [0.1, 0.15) is 17.7 Å². The lowest BCUT2D eigenvalue weighted by atomic mass is 10.2. The van der Waals surface area contributed by atoms with E-state index in [0.717, 1.165) is 6.07 Å². The zero-order valence-electron chi connectivity index (χ0n) is 6.95. The van der Waals surface area contributed by atoms with Gasteiger partial charge < -0.3 is 0 Å². The molecule has 0 aliphatic carbocycles. The number of halogens is 3. The van der Waals surface area contributed by atoms with E-state index in [1.54, 1.807) is 22.6 Å². The van der Waals surface area contributed by atoms with Gasteiger partial charge in [-0.3, -0.25) is 10.1 Å². The monoisotopic (exact) mass is 325 g/mol. The van der Waals surface area contributed by atoms with Gasteiger partial charge in [0.25, 0.3) is 6.43 Å². The standard InChI is InChI=1S/C7H2F2IN3O2/c8-7(9)3-1-5(10)12-4(2-11)6(3)13(14)15/h1,7H. The average molecular weight is 325 g/mol. The van der Waals surface area contributed by atoms with E-state index < -0.39 is 28.3 Å². The lowest BCUT2D eigenvalue weighted by molar-refractivity contribution is -0.386. The van der Waals surface area contributed by atoms with E-state index >= 15 is 0 Å². The van der Waals surface area contributed by atoms with Crippen LogP contribution in [0.4, 0.5) is 14.5 Å². The first-order valence-electron chi connectivity index (χ1n) is 3.50. The summed E-state index contributed by atoms with van der Waals surface area (Å²) in [5.74, 6) is 0. The quantitative estimate of drug-likeness (QED) is 0.362. The second-order valence-electron chi connectivity index (χ2n) is 2.40. The minimum Gasteiger partial charge on any atom is -0.258 e. The highest BCUT2D eigenvalue weighted by Gasteiger charge is 2.27. The Hall–Kier alpha value is -1.37. The molecule has 0 saturated heterocycles. The molecule has 0 radical (unpaired) electrons. The summed E-state index contributed by atoms with van der Waals surface area (Å²) in [6.45, 7) is 0. The van der Waals surface area contributed by atoms with Crippen LogP contribution in [0.15, 0.2) is 6.07 Å². The van der Waals surface area contributed by atoms with Crippen LogP contribution in [0.25, 0.3) is 0 Å². The summed E-state index contributed by atoms with van der Waals surface area (Å²) in [6, 6.07) is 2.32. The number of hydrogen-bond donors (Lipinski definition) is 0. The lowest BCUT2D eigenvalue weighted by Gasteiger charge is -2.02. The molecule has 0 aliphatic heterocycles. The number of nitriles is 1. The molecule has 78 valence electrons. The predicted molar refractivity (Wildman–Crippen MR) is 53.3 cm³/mol. The fraction of sp³-hybridized carbons (Fsp3) is 0.143. The van der Waals surface area contributed by atoms with Gasteiger partial charge in [-0.25, -0.2) is 13.8 Å². The van der Waals surface area contributed by atoms with Gasteiger partial charge in [-0.15, -0.1) is 0 Å². The molecule has 1 heterocycles. The molecule has 0 bridgehead atoms. The number of alkyl halides is 2. The topological polar surface area (TPSA) is 79.8 Å². The van der Waals surface area contributed by atoms with Crippen LogP contribution in [-0.4, -0.2) is 9.91 Å². The van der Waals surface area contributed by atoms with Gasteiger partial charge in [-0.05, 0) is 28.7 Å². The molecule has 5 nitrogen and oxygen atoms in total. The Labute approximate surface area is 96.0 Å². The molecule has 0 atom stereocenters. The number of aromatic nitrogens is 1. The van der Waals surface area contributed by atoms with E-state index in [1.165, 1.54) is 6.07 Å². The van der Waals surface area contributed by atoms with Crippen LogP contribution in [-0.2, 0) is 0 Å². The number of nitrogens with zero attached hydrogens (tertiary/aromatic N) is 3. The molecule has 1 rings (SSSR count). The van der Waals surface area contributed by atoms with Crippen molar-refractivity contribution in [3.8, 4) is 6.07 Å². The third kappa shape index (κ3) is 2.35. The molecule has 0 fully saturated rings. The van der Waals surface area contributed by atoms with E-state index in [2.05, 4.69) is 4.98 Å². The van der Waals surface area contributed by atoms with Crippen molar-refractivity contribution < 1.29 is 13.7 Å². The minimum atomic E-state index is -3.01. The molecule has 15 heavy (non-hydrogen) atoms. The summed E-state index contributed by atoms with van der Waals surface area (Å²) in [5, 5.41) is 19.0. The number of nitro groups is 1. The Balaban J connectivity index is 3.56. The Morgan fingerprint density at radius 2 is 2.27 bits per heavy atom. The molecule has 0 spiro atoms. The smallest absolute Gasteiger partial charge is 0.258 e. The highest BCUT2D eigenvalue weighted by atomic mass is 127. The number of rotatable bonds is 2. The second kappa shape index (κ2) is 4.43. The van der Waals surface area contributed by atoms with Crippen LogP contribution in [0.5, 0.6) is 0 Å². The van der Waals surface area contributed by atoms with Gasteiger partial charge in [-0.1, -0.05) is 0 Å². The summed E-state index contributed by atoms with van der Waals surface area (Å²) in [6.07, 6.45) is -3.01. The van der Waals surface area contributed by atoms with Gasteiger partial charge in [0, 0.05) is 0 Å². The van der Waals surface area contributed by atoms with Crippen molar-refractivity contribution in [3.63, 3.8) is 0 Å². The van der Waals surface area contributed by atoms with Crippen LogP contribution < -0.4 is 0 Å². The second-order valence-corrected chi connectivity index (χ2v) is 3.51. The first-order valence-corrected chi connectivity index (χ1v) is 4.58. The Bertz CT molecular complexity index is 458. The van der Waals surface area contributed by atoms with Crippen molar-refractivity contribution in [1.82, 2.24) is 4.98 Å². The Morgan fingerprint density at radius 1 is 1.67 bits per heavy atom. The van der Waals surface area contributed by atoms with Gasteiger partial charge in [-0.2, -0.15) is 5.26 Å². The average Bonchev–Trinajstić information content (AvgIpc) is 2.15. The normalized spacial score (nSPS) is 10.1. The van der Waals surface area contributed by atoms with Crippen LogP contribution in [0.3, 0.4) is 0 Å². The van der Waals surface area contributed by atoms with Gasteiger partial charge in [0.15, 0.2) is 0 Å². The van der Waals surface area contributed by atoms with Crippen LogP contribution in [0.2, 0.25) is 0 Å². The van der Waals surface area contributed by atoms with Gasteiger partial charge in [0.2, 0.25) is 5.69 Å². The fourth-order valence-electron chi connectivity index (χ4n) is 0.962. The summed E-state index contributed by atoms with van der Waals surface area (Å²) < 4.78 is 25.0. The molecule has 0 aromatic carbocycles. The molecule has 8 heteroatoms. The minimum absolute atomic E-state index is 0.116. The van der Waals surface area contributed by atoms with E-state index in [0.29, 0.717) is 0 Å². The summed E-state index contributed by atoms with van der Waals surface area (Å²) in [7, 11) is 0. The molecular weight excluding hydrogens is 323 g/mol. The number of hydrogen-bond acceptors (Lipinski definition) is 4. The number of pyridine rings is 1. The van der Waals surface area contributed by atoms with Crippen molar-refractivity contribution in [2.24, 2.45) is 0 Å². The van der Waals surface area contributed by atoms with Crippen molar-refractivity contribution in [2.45, 2.75) is 6.43 Å². The SMILES string of the molecule is N#Cc1nc(I)cc(C(F)F)c1[N+](=O)[O-]. The fourth-order valence-corrected chi connectivity index (χ4v) is 1.54. The Morgan fingerprint density at radius 3 is 2.67 bits per heavy atom. The maximum atomic E-state index is 12.4. The van der Waals surface area contributed by atoms with Crippen LogP contribution >= 0.6 is 22.6 Å². The first kappa shape index (κ1) is 11.7. The first-order chi connectivity index (χ1) is 6.97. The van der Waals surface area contributed by atoms with E-state index in [-0.39, 0.29) is 3.70 Å². The van der Waals surface area contributed by atoms with Crippen molar-refractivity contribution in [1.29, 1.82) is 5.26 Å². The molecule has 1 aromatic rings. The maximum absolute atomic E-state index is 12.4. The van der Waals surface area contributed by atoms with E-state index in [9.17, 15) is 18.9 Å². The molecule has 0 aliphatic rings. The largest absolute Gasteiger partial charge is 0.314 e. The highest BCUT2D eigenvalue weighted by Crippen LogP contribution is 2.31. The third-order valence-corrected chi connectivity index (χ3v) is 2.07. The molecule has 0 saturated carbocycles. The van der Waals surface area contributed by atoms with E-state index in [1.807, 2.05) is 0 Å². The van der Waals surface area contributed by atoms with Gasteiger partial charge in [0.1, 0.15) is 15.3 Å². The van der Waals surface area contributed by atoms with Gasteiger partial charge in [0.05, 0.1) is 4.92 Å². The van der Waals surface area contributed by atoms with Crippen molar-refractivity contribution in [3.05, 3.63) is 31.1 Å². The molecule has 1 aromatic heterocycles. The maximum Gasteiger partial charge on any atom is 0.314 e. The summed E-state index contributed by atoms with van der Waals surface area (Å²) in [4.78, 5) is 13.0. The van der Waals surface area contributed by atoms with Crippen molar-refractivity contribution >= 4 is 28.3 Å². The molecule has 0 N–H and O–H groups in total. The Kier molecular flexibility index (Phi) is 3.46. The zero-order chi connectivity index (χ0) is 11.6. The molecule has 0 amide bonds. The highest BCUT2D eigenvalue weighted by molar-refractivity contribution is 14.1. The predicted octanol–water partition coefficient (Wildman–Crippen LogP) is 2.40. The van der Waals surface area contributed by atoms with Crippen LogP contribution in [0, 0.1) is 25.1 Å². The summed E-state index contributed by atoms with van der Waals surface area (Å²) in [5.41, 5.74) is -2.30. The lowest BCUT2D eigenvalue weighted by Crippen LogP contribution is -2.03. The zero-order valence-corrected chi connectivity index (χ0v) is 9.10. The van der Waals surface area contributed by atoms with Gasteiger partial charge >= 0.3 is 5.69 Å². The van der Waals surface area contributed by atoms with E-state index in [4.69, 9.17) is 5.26 Å².